The summed E-state index contributed by atoms with van der Waals surface area (Å²) in [7, 11) is 0. The fourth-order valence-corrected chi connectivity index (χ4v) is 2.39. The van der Waals surface area contributed by atoms with Gasteiger partial charge in [0.2, 0.25) is 0 Å². The second kappa shape index (κ2) is 6.95. The number of pyridine rings is 1. The molecule has 0 aliphatic rings. The molecule has 1 atom stereocenters. The molecule has 2 nitrogen and oxygen atoms in total. The quantitative estimate of drug-likeness (QED) is 0.820. The second-order valence-corrected chi connectivity index (χ2v) is 5.71. The number of aromatic nitrogens is 1. The Morgan fingerprint density at radius 2 is 1.71 bits per heavy atom. The highest BCUT2D eigenvalue weighted by molar-refractivity contribution is 8.00. The fraction of sp³-hybridized carbons (Fsp3) is 0.267. The summed E-state index contributed by atoms with van der Waals surface area (Å²) in [6.45, 7) is 2.63. The molecule has 2 rings (SSSR count). The van der Waals surface area contributed by atoms with Crippen molar-refractivity contribution in [3.63, 3.8) is 0 Å². The molecule has 1 aromatic carbocycles. The third kappa shape index (κ3) is 5.40. The van der Waals surface area contributed by atoms with Crippen LogP contribution in [0.4, 0.5) is 13.2 Å². The van der Waals surface area contributed by atoms with E-state index in [2.05, 4.69) is 10.3 Å². The van der Waals surface area contributed by atoms with Gasteiger partial charge in [0.25, 0.3) is 0 Å². The molecule has 0 saturated heterocycles. The van der Waals surface area contributed by atoms with Crippen molar-refractivity contribution in [1.29, 1.82) is 0 Å². The minimum atomic E-state index is -4.24. The Balaban J connectivity index is 1.89. The highest BCUT2D eigenvalue weighted by Crippen LogP contribution is 2.36. The van der Waals surface area contributed by atoms with Gasteiger partial charge in [-0.3, -0.25) is 4.98 Å². The van der Waals surface area contributed by atoms with Gasteiger partial charge in [0.05, 0.1) is 0 Å². The molecule has 0 bridgehead atoms. The van der Waals surface area contributed by atoms with Gasteiger partial charge in [-0.1, -0.05) is 12.1 Å². The summed E-state index contributed by atoms with van der Waals surface area (Å²) in [6, 6.07) is 10.4. The zero-order chi connectivity index (χ0) is 15.3. The molecule has 0 aliphatic carbocycles. The summed E-state index contributed by atoms with van der Waals surface area (Å²) in [6.07, 6.45) is 3.47. The van der Waals surface area contributed by atoms with E-state index in [1.54, 1.807) is 24.5 Å². The van der Waals surface area contributed by atoms with Crippen LogP contribution in [0.5, 0.6) is 0 Å². The summed E-state index contributed by atoms with van der Waals surface area (Å²) in [5.41, 5.74) is -2.17. The maximum absolute atomic E-state index is 12.2. The summed E-state index contributed by atoms with van der Waals surface area (Å²) >= 11 is -0.0966. The molecule has 0 aliphatic heterocycles. The SMILES string of the molecule is CC(NCc1ccc(SC(F)(F)F)cc1)c1ccncc1. The van der Waals surface area contributed by atoms with Crippen LogP contribution in [0.2, 0.25) is 0 Å². The lowest BCUT2D eigenvalue weighted by atomic mass is 10.1. The molecule has 1 N–H and O–H groups in total. The van der Waals surface area contributed by atoms with Gasteiger partial charge >= 0.3 is 5.51 Å². The summed E-state index contributed by atoms with van der Waals surface area (Å²) in [5.74, 6) is 0. The van der Waals surface area contributed by atoms with E-state index in [9.17, 15) is 13.2 Å². The Bertz CT molecular complexity index is 555. The lowest BCUT2D eigenvalue weighted by Gasteiger charge is -2.14. The van der Waals surface area contributed by atoms with Crippen molar-refractivity contribution in [2.24, 2.45) is 0 Å². The van der Waals surface area contributed by atoms with E-state index in [1.807, 2.05) is 19.1 Å². The normalized spacial score (nSPS) is 13.1. The number of hydrogen-bond donors (Lipinski definition) is 1. The van der Waals surface area contributed by atoms with Gasteiger partial charge in [0.15, 0.2) is 0 Å². The Hall–Kier alpha value is -1.53. The Morgan fingerprint density at radius 1 is 1.10 bits per heavy atom. The van der Waals surface area contributed by atoms with E-state index in [0.717, 1.165) is 11.1 Å². The van der Waals surface area contributed by atoms with Crippen molar-refractivity contribution in [2.75, 3.05) is 0 Å². The molecule has 2 aromatic rings. The van der Waals surface area contributed by atoms with Crippen LogP contribution in [0.15, 0.2) is 53.7 Å². The first kappa shape index (κ1) is 15.9. The average Bonchev–Trinajstić information content (AvgIpc) is 2.45. The first-order valence-corrected chi connectivity index (χ1v) is 7.24. The number of thioether (sulfide) groups is 1. The van der Waals surface area contributed by atoms with E-state index in [4.69, 9.17) is 0 Å². The van der Waals surface area contributed by atoms with Crippen LogP contribution >= 0.6 is 11.8 Å². The number of nitrogens with zero attached hydrogens (tertiary/aromatic N) is 1. The van der Waals surface area contributed by atoms with Crippen LogP contribution in [0.3, 0.4) is 0 Å². The monoisotopic (exact) mass is 312 g/mol. The van der Waals surface area contributed by atoms with Crippen LogP contribution in [0.25, 0.3) is 0 Å². The van der Waals surface area contributed by atoms with Crippen LogP contribution in [0.1, 0.15) is 24.1 Å². The van der Waals surface area contributed by atoms with Crippen LogP contribution in [0, 0.1) is 0 Å². The standard InChI is InChI=1S/C15H15F3N2S/c1-11(13-6-8-19-9-7-13)20-10-12-2-4-14(5-3-12)21-15(16,17)18/h2-9,11,20H,10H2,1H3. The van der Waals surface area contributed by atoms with E-state index in [0.29, 0.717) is 6.54 Å². The molecule has 0 amide bonds. The van der Waals surface area contributed by atoms with E-state index in [-0.39, 0.29) is 22.7 Å². The minimum absolute atomic E-state index is 0.0966. The molecule has 0 saturated carbocycles. The van der Waals surface area contributed by atoms with Crippen LogP contribution < -0.4 is 5.32 Å². The lowest BCUT2D eigenvalue weighted by molar-refractivity contribution is -0.0328. The number of hydrogen-bond acceptors (Lipinski definition) is 3. The van der Waals surface area contributed by atoms with Crippen molar-refractivity contribution in [1.82, 2.24) is 10.3 Å². The van der Waals surface area contributed by atoms with Crippen molar-refractivity contribution >= 4 is 11.8 Å². The number of benzene rings is 1. The topological polar surface area (TPSA) is 24.9 Å². The number of nitrogens with one attached hydrogen (secondary N) is 1. The summed E-state index contributed by atoms with van der Waals surface area (Å²) in [4.78, 5) is 4.17. The molecular formula is C15H15F3N2S. The first-order chi connectivity index (χ1) is 9.94. The smallest absolute Gasteiger partial charge is 0.306 e. The largest absolute Gasteiger partial charge is 0.446 e. The molecular weight excluding hydrogens is 297 g/mol. The third-order valence-corrected chi connectivity index (χ3v) is 3.71. The van der Waals surface area contributed by atoms with E-state index >= 15 is 0 Å². The van der Waals surface area contributed by atoms with Crippen molar-refractivity contribution in [3.05, 3.63) is 59.9 Å². The predicted molar refractivity (Wildman–Crippen MR) is 77.8 cm³/mol. The van der Waals surface area contributed by atoms with E-state index < -0.39 is 5.51 Å². The minimum Gasteiger partial charge on any atom is -0.306 e. The van der Waals surface area contributed by atoms with E-state index in [1.165, 1.54) is 12.1 Å². The van der Waals surface area contributed by atoms with Gasteiger partial charge in [0.1, 0.15) is 0 Å². The molecule has 21 heavy (non-hydrogen) atoms. The molecule has 0 radical (unpaired) electrons. The van der Waals surface area contributed by atoms with Gasteiger partial charge in [0, 0.05) is 29.9 Å². The van der Waals surface area contributed by atoms with Gasteiger partial charge < -0.3 is 5.32 Å². The molecule has 0 spiro atoms. The van der Waals surface area contributed by atoms with Gasteiger partial charge in [-0.05, 0) is 54.1 Å². The third-order valence-electron chi connectivity index (χ3n) is 2.98. The number of halogens is 3. The Kier molecular flexibility index (Phi) is 5.25. The number of alkyl halides is 3. The van der Waals surface area contributed by atoms with Crippen LogP contribution in [-0.2, 0) is 6.54 Å². The summed E-state index contributed by atoms with van der Waals surface area (Å²) < 4.78 is 36.7. The first-order valence-electron chi connectivity index (χ1n) is 6.42. The van der Waals surface area contributed by atoms with Crippen molar-refractivity contribution in [3.8, 4) is 0 Å². The molecule has 6 heteroatoms. The number of rotatable bonds is 5. The molecule has 1 aromatic heterocycles. The average molecular weight is 312 g/mol. The van der Waals surface area contributed by atoms with Crippen molar-refractivity contribution in [2.45, 2.75) is 29.9 Å². The Morgan fingerprint density at radius 3 is 2.29 bits per heavy atom. The van der Waals surface area contributed by atoms with Gasteiger partial charge in [-0.2, -0.15) is 13.2 Å². The zero-order valence-corrected chi connectivity index (χ0v) is 12.2. The zero-order valence-electron chi connectivity index (χ0n) is 11.4. The van der Waals surface area contributed by atoms with Gasteiger partial charge in [-0.25, -0.2) is 0 Å². The van der Waals surface area contributed by atoms with Crippen LogP contribution in [-0.4, -0.2) is 10.5 Å². The predicted octanol–water partition coefficient (Wildman–Crippen LogP) is 4.54. The Labute approximate surface area is 125 Å². The van der Waals surface area contributed by atoms with Crippen molar-refractivity contribution < 1.29 is 13.2 Å². The molecule has 112 valence electrons. The van der Waals surface area contributed by atoms with Gasteiger partial charge in [-0.15, -0.1) is 0 Å². The lowest BCUT2D eigenvalue weighted by Crippen LogP contribution is -2.18. The maximum atomic E-state index is 12.2. The highest BCUT2D eigenvalue weighted by atomic mass is 32.2. The summed E-state index contributed by atoms with van der Waals surface area (Å²) in [5, 5.41) is 3.33. The fourth-order valence-electron chi connectivity index (χ4n) is 1.85. The molecule has 1 unspecified atom stereocenters. The molecule has 0 fully saturated rings. The second-order valence-electron chi connectivity index (χ2n) is 4.57. The molecule has 1 heterocycles. The maximum Gasteiger partial charge on any atom is 0.446 e. The highest BCUT2D eigenvalue weighted by Gasteiger charge is 2.28.